The molecule has 2 aromatic heterocycles. The molecule has 0 aliphatic heterocycles. The molecular formula is C9H10ClN3. The molecule has 1 N–H and O–H groups in total. The number of fused-ring (bicyclic) bond motifs is 1. The van der Waals surface area contributed by atoms with E-state index in [1.165, 1.54) is 0 Å². The molecular weight excluding hydrogens is 186 g/mol. The number of nitrogens with one attached hydrogen (secondary N) is 1. The Morgan fingerprint density at radius 1 is 1.54 bits per heavy atom. The first kappa shape index (κ1) is 8.53. The summed E-state index contributed by atoms with van der Waals surface area (Å²) in [5.41, 5.74) is 2.11. The Labute approximate surface area is 81.4 Å². The van der Waals surface area contributed by atoms with Crippen LogP contribution in [0.2, 0.25) is 5.15 Å². The maximum atomic E-state index is 5.89. The van der Waals surface area contributed by atoms with Crippen molar-refractivity contribution in [2.75, 3.05) is 7.05 Å². The van der Waals surface area contributed by atoms with Gasteiger partial charge in [-0.05, 0) is 19.2 Å². The van der Waals surface area contributed by atoms with Crippen molar-refractivity contribution in [1.82, 2.24) is 14.7 Å². The average Bonchev–Trinajstić information content (AvgIpc) is 2.50. The van der Waals surface area contributed by atoms with Gasteiger partial charge in [-0.25, -0.2) is 4.98 Å². The molecule has 2 heterocycles. The van der Waals surface area contributed by atoms with Gasteiger partial charge in [0.25, 0.3) is 0 Å². The van der Waals surface area contributed by atoms with E-state index in [1.807, 2.05) is 29.6 Å². The molecule has 0 aliphatic rings. The van der Waals surface area contributed by atoms with E-state index >= 15 is 0 Å². The van der Waals surface area contributed by atoms with E-state index in [0.717, 1.165) is 17.8 Å². The fourth-order valence-corrected chi connectivity index (χ4v) is 1.57. The first-order chi connectivity index (χ1) is 6.33. The van der Waals surface area contributed by atoms with Gasteiger partial charge in [-0.2, -0.15) is 0 Å². The molecule has 2 rings (SSSR count). The summed E-state index contributed by atoms with van der Waals surface area (Å²) < 4.78 is 1.98. The van der Waals surface area contributed by atoms with Crippen LogP contribution in [0.3, 0.4) is 0 Å². The molecule has 2 aromatic rings. The van der Waals surface area contributed by atoms with Crippen LogP contribution in [0, 0.1) is 0 Å². The van der Waals surface area contributed by atoms with Crippen LogP contribution >= 0.6 is 11.6 Å². The lowest BCUT2D eigenvalue weighted by atomic mass is 10.3. The first-order valence-corrected chi connectivity index (χ1v) is 4.46. The van der Waals surface area contributed by atoms with Crippen molar-refractivity contribution >= 4 is 17.1 Å². The number of hydrogen-bond donors (Lipinski definition) is 1. The summed E-state index contributed by atoms with van der Waals surface area (Å²) in [6.45, 7) is 0.810. The molecule has 0 unspecified atom stereocenters. The van der Waals surface area contributed by atoms with E-state index in [2.05, 4.69) is 10.3 Å². The third-order valence-electron chi connectivity index (χ3n) is 1.97. The summed E-state index contributed by atoms with van der Waals surface area (Å²) in [6, 6.07) is 5.98. The normalized spacial score (nSPS) is 10.9. The Balaban J connectivity index is 2.63. The summed E-state index contributed by atoms with van der Waals surface area (Å²) >= 11 is 5.89. The lowest BCUT2D eigenvalue weighted by Crippen LogP contribution is -2.08. The second-order valence-corrected chi connectivity index (χ2v) is 3.20. The second kappa shape index (κ2) is 3.36. The Kier molecular flexibility index (Phi) is 2.20. The topological polar surface area (TPSA) is 29.3 Å². The zero-order valence-corrected chi connectivity index (χ0v) is 8.04. The number of imidazole rings is 1. The summed E-state index contributed by atoms with van der Waals surface area (Å²) in [4.78, 5) is 4.04. The molecule has 0 spiro atoms. The molecule has 0 aromatic carbocycles. The van der Waals surface area contributed by atoms with Crippen molar-refractivity contribution in [2.24, 2.45) is 0 Å². The van der Waals surface area contributed by atoms with Crippen molar-refractivity contribution in [2.45, 2.75) is 6.54 Å². The number of rotatable bonds is 2. The number of hydrogen-bond acceptors (Lipinski definition) is 2. The van der Waals surface area contributed by atoms with Gasteiger partial charge in [-0.3, -0.25) is 0 Å². The lowest BCUT2D eigenvalue weighted by Gasteiger charge is -2.03. The fourth-order valence-electron chi connectivity index (χ4n) is 1.37. The lowest BCUT2D eigenvalue weighted by molar-refractivity contribution is 0.776. The third-order valence-corrected chi connectivity index (χ3v) is 2.26. The highest BCUT2D eigenvalue weighted by Gasteiger charge is 2.03. The highest BCUT2D eigenvalue weighted by atomic mass is 35.5. The van der Waals surface area contributed by atoms with E-state index in [-0.39, 0.29) is 0 Å². The van der Waals surface area contributed by atoms with Crippen LogP contribution in [-0.2, 0) is 6.54 Å². The zero-order valence-electron chi connectivity index (χ0n) is 7.29. The Bertz CT molecular complexity index is 422. The summed E-state index contributed by atoms with van der Waals surface area (Å²) in [5, 5.41) is 3.65. The average molecular weight is 196 g/mol. The molecule has 0 atom stereocenters. The van der Waals surface area contributed by atoms with Crippen LogP contribution < -0.4 is 5.32 Å². The molecule has 0 bridgehead atoms. The third kappa shape index (κ3) is 1.41. The van der Waals surface area contributed by atoms with Crippen molar-refractivity contribution in [3.63, 3.8) is 0 Å². The molecule has 4 heteroatoms. The Morgan fingerprint density at radius 3 is 3.15 bits per heavy atom. The van der Waals surface area contributed by atoms with E-state index in [9.17, 15) is 0 Å². The molecule has 0 amide bonds. The smallest absolute Gasteiger partial charge is 0.154 e. The highest BCUT2D eigenvalue weighted by Crippen LogP contribution is 2.16. The molecule has 13 heavy (non-hydrogen) atoms. The molecule has 0 saturated heterocycles. The quantitative estimate of drug-likeness (QED) is 0.791. The highest BCUT2D eigenvalue weighted by molar-refractivity contribution is 6.32. The standard InChI is InChI=1S/C9H10ClN3/c1-11-5-7-3-2-4-8-9(10)12-6-13(7)8/h2-4,6,11H,5H2,1H3. The summed E-state index contributed by atoms with van der Waals surface area (Å²) in [5.74, 6) is 0. The number of pyridine rings is 1. The van der Waals surface area contributed by atoms with Crippen LogP contribution in [0.1, 0.15) is 5.69 Å². The van der Waals surface area contributed by atoms with Gasteiger partial charge in [0, 0.05) is 12.2 Å². The van der Waals surface area contributed by atoms with E-state index in [1.54, 1.807) is 6.33 Å². The Morgan fingerprint density at radius 2 is 2.38 bits per heavy atom. The number of nitrogens with zero attached hydrogens (tertiary/aromatic N) is 2. The maximum Gasteiger partial charge on any atom is 0.154 e. The molecule has 0 saturated carbocycles. The minimum atomic E-state index is 0.554. The van der Waals surface area contributed by atoms with Gasteiger partial charge in [-0.15, -0.1) is 0 Å². The number of aromatic nitrogens is 2. The van der Waals surface area contributed by atoms with Gasteiger partial charge in [-0.1, -0.05) is 17.7 Å². The van der Waals surface area contributed by atoms with Crippen LogP contribution in [0.4, 0.5) is 0 Å². The van der Waals surface area contributed by atoms with Gasteiger partial charge < -0.3 is 9.72 Å². The van der Waals surface area contributed by atoms with E-state index < -0.39 is 0 Å². The molecule has 0 fully saturated rings. The van der Waals surface area contributed by atoms with Crippen LogP contribution in [0.25, 0.3) is 5.52 Å². The minimum absolute atomic E-state index is 0.554. The van der Waals surface area contributed by atoms with E-state index in [0.29, 0.717) is 5.15 Å². The van der Waals surface area contributed by atoms with Gasteiger partial charge in [0.1, 0.15) is 6.33 Å². The predicted octanol–water partition coefficient (Wildman–Crippen LogP) is 1.71. The van der Waals surface area contributed by atoms with Crippen molar-refractivity contribution in [3.8, 4) is 0 Å². The summed E-state index contributed by atoms with van der Waals surface area (Å²) in [6.07, 6.45) is 1.74. The maximum absolute atomic E-state index is 5.89. The van der Waals surface area contributed by atoms with Crippen molar-refractivity contribution < 1.29 is 0 Å². The monoisotopic (exact) mass is 195 g/mol. The van der Waals surface area contributed by atoms with Crippen LogP contribution in [0.15, 0.2) is 24.5 Å². The summed E-state index contributed by atoms with van der Waals surface area (Å²) in [7, 11) is 1.91. The van der Waals surface area contributed by atoms with Crippen molar-refractivity contribution in [1.29, 1.82) is 0 Å². The first-order valence-electron chi connectivity index (χ1n) is 4.08. The van der Waals surface area contributed by atoms with Gasteiger partial charge in [0.05, 0.1) is 5.52 Å². The van der Waals surface area contributed by atoms with Gasteiger partial charge in [0.15, 0.2) is 5.15 Å². The van der Waals surface area contributed by atoms with Crippen LogP contribution in [-0.4, -0.2) is 16.4 Å². The zero-order chi connectivity index (χ0) is 9.26. The fraction of sp³-hybridized carbons (Fsp3) is 0.222. The molecule has 68 valence electrons. The van der Waals surface area contributed by atoms with E-state index in [4.69, 9.17) is 11.6 Å². The SMILES string of the molecule is CNCc1cccc2c(Cl)ncn12. The second-order valence-electron chi connectivity index (χ2n) is 2.84. The van der Waals surface area contributed by atoms with Gasteiger partial charge in [0.2, 0.25) is 0 Å². The molecule has 0 radical (unpaired) electrons. The largest absolute Gasteiger partial charge is 0.314 e. The molecule has 3 nitrogen and oxygen atoms in total. The van der Waals surface area contributed by atoms with Crippen LogP contribution in [0.5, 0.6) is 0 Å². The van der Waals surface area contributed by atoms with Gasteiger partial charge >= 0.3 is 0 Å². The predicted molar refractivity (Wildman–Crippen MR) is 53.0 cm³/mol. The number of halogens is 1. The Hall–Kier alpha value is -1.06. The molecule has 0 aliphatic carbocycles. The minimum Gasteiger partial charge on any atom is -0.314 e. The van der Waals surface area contributed by atoms with Crippen molar-refractivity contribution in [3.05, 3.63) is 35.4 Å².